The van der Waals surface area contributed by atoms with E-state index in [1.165, 1.54) is 37.8 Å². The number of rotatable bonds is 12. The highest BCUT2D eigenvalue weighted by Gasteiger charge is 2.16. The van der Waals surface area contributed by atoms with E-state index in [9.17, 15) is 0 Å². The molecule has 106 valence electrons. The predicted molar refractivity (Wildman–Crippen MR) is 82.5 cm³/mol. The van der Waals surface area contributed by atoms with Crippen LogP contribution in [-0.4, -0.2) is 12.1 Å². The molecular weight excluding hydrogens is 220 g/mol. The monoisotopic (exact) mass is 252 g/mol. The average molecular weight is 252 g/mol. The van der Waals surface area contributed by atoms with Crippen LogP contribution in [0.5, 0.6) is 0 Å². The zero-order valence-electron chi connectivity index (χ0n) is 12.6. The molecule has 0 rings (SSSR count). The van der Waals surface area contributed by atoms with Crippen LogP contribution in [0.2, 0.25) is 0 Å². The standard InChI is InChI=1S/C16H32N2/c1-6-12-15(3)18-16(4,5)13-10-8-9-11-14-17-7-2/h7,17-18H,2-3,6,8-14H2,1,4-5H3. The second-order valence-electron chi connectivity index (χ2n) is 5.68. The molecule has 0 heterocycles. The summed E-state index contributed by atoms with van der Waals surface area (Å²) in [5.41, 5.74) is 1.36. The molecule has 2 N–H and O–H groups in total. The second-order valence-corrected chi connectivity index (χ2v) is 5.68. The van der Waals surface area contributed by atoms with Gasteiger partial charge in [0.05, 0.1) is 0 Å². The van der Waals surface area contributed by atoms with Gasteiger partial charge in [0.2, 0.25) is 0 Å². The molecule has 0 aromatic heterocycles. The molecule has 2 heteroatoms. The van der Waals surface area contributed by atoms with Crippen molar-refractivity contribution >= 4 is 0 Å². The van der Waals surface area contributed by atoms with Gasteiger partial charge in [-0.2, -0.15) is 0 Å². The van der Waals surface area contributed by atoms with Crippen molar-refractivity contribution in [2.24, 2.45) is 0 Å². The van der Waals surface area contributed by atoms with Gasteiger partial charge in [0.1, 0.15) is 0 Å². The number of allylic oxidation sites excluding steroid dienone is 1. The molecule has 0 fully saturated rings. The Labute approximate surface area is 114 Å². The number of hydrogen-bond acceptors (Lipinski definition) is 2. The van der Waals surface area contributed by atoms with Crippen molar-refractivity contribution in [1.29, 1.82) is 0 Å². The van der Waals surface area contributed by atoms with E-state index in [1.807, 2.05) is 0 Å². The third-order valence-electron chi connectivity index (χ3n) is 3.08. The smallest absolute Gasteiger partial charge is 0.0314 e. The minimum Gasteiger partial charge on any atom is -0.391 e. The van der Waals surface area contributed by atoms with Crippen molar-refractivity contribution in [3.05, 3.63) is 25.1 Å². The summed E-state index contributed by atoms with van der Waals surface area (Å²) in [6, 6.07) is 0. The molecule has 0 radical (unpaired) electrons. The molecule has 0 aliphatic rings. The Morgan fingerprint density at radius 1 is 1.17 bits per heavy atom. The van der Waals surface area contributed by atoms with Crippen molar-refractivity contribution < 1.29 is 0 Å². The maximum absolute atomic E-state index is 4.08. The summed E-state index contributed by atoms with van der Waals surface area (Å²) in [6.45, 7) is 15.5. The highest BCUT2D eigenvalue weighted by Crippen LogP contribution is 2.17. The van der Waals surface area contributed by atoms with Gasteiger partial charge in [0.15, 0.2) is 0 Å². The lowest BCUT2D eigenvalue weighted by Gasteiger charge is -2.28. The van der Waals surface area contributed by atoms with E-state index in [4.69, 9.17) is 0 Å². The molecule has 0 bridgehead atoms. The Kier molecular flexibility index (Phi) is 9.53. The first-order valence-corrected chi connectivity index (χ1v) is 7.32. The van der Waals surface area contributed by atoms with Gasteiger partial charge in [0, 0.05) is 17.8 Å². The van der Waals surface area contributed by atoms with Crippen molar-refractivity contribution in [3.63, 3.8) is 0 Å². The van der Waals surface area contributed by atoms with Crippen molar-refractivity contribution in [1.82, 2.24) is 10.6 Å². The number of hydrogen-bond donors (Lipinski definition) is 2. The minimum absolute atomic E-state index is 0.186. The van der Waals surface area contributed by atoms with Crippen LogP contribution in [0.4, 0.5) is 0 Å². The Balaban J connectivity index is 3.57. The Bertz CT molecular complexity index is 231. The zero-order valence-corrected chi connectivity index (χ0v) is 12.6. The SMILES string of the molecule is C=CNCCCCCCC(C)(C)NC(=C)CCC. The van der Waals surface area contributed by atoms with Crippen LogP contribution in [0.1, 0.15) is 65.7 Å². The van der Waals surface area contributed by atoms with E-state index in [0.717, 1.165) is 19.4 Å². The molecule has 0 amide bonds. The van der Waals surface area contributed by atoms with Gasteiger partial charge in [0.25, 0.3) is 0 Å². The summed E-state index contributed by atoms with van der Waals surface area (Å²) in [6.07, 6.45) is 10.4. The maximum atomic E-state index is 4.08. The van der Waals surface area contributed by atoms with Crippen molar-refractivity contribution in [2.45, 2.75) is 71.3 Å². The highest BCUT2D eigenvalue weighted by atomic mass is 15.0. The van der Waals surface area contributed by atoms with Gasteiger partial charge < -0.3 is 10.6 Å². The first kappa shape index (κ1) is 17.1. The summed E-state index contributed by atoms with van der Waals surface area (Å²) in [7, 11) is 0. The van der Waals surface area contributed by atoms with E-state index >= 15 is 0 Å². The van der Waals surface area contributed by atoms with Crippen molar-refractivity contribution in [3.8, 4) is 0 Å². The van der Waals surface area contributed by atoms with Crippen LogP contribution in [-0.2, 0) is 0 Å². The van der Waals surface area contributed by atoms with E-state index in [-0.39, 0.29) is 5.54 Å². The van der Waals surface area contributed by atoms with E-state index in [1.54, 1.807) is 6.20 Å². The van der Waals surface area contributed by atoms with Crippen molar-refractivity contribution in [2.75, 3.05) is 6.54 Å². The van der Waals surface area contributed by atoms with Gasteiger partial charge in [-0.1, -0.05) is 45.8 Å². The molecule has 0 atom stereocenters. The molecule has 18 heavy (non-hydrogen) atoms. The second kappa shape index (κ2) is 10.0. The fourth-order valence-corrected chi connectivity index (χ4v) is 2.15. The molecule has 0 aliphatic heterocycles. The molecule has 0 aliphatic carbocycles. The summed E-state index contributed by atoms with van der Waals surface area (Å²) in [4.78, 5) is 0. The third kappa shape index (κ3) is 10.2. The summed E-state index contributed by atoms with van der Waals surface area (Å²) in [5.74, 6) is 0. The average Bonchev–Trinajstić information content (AvgIpc) is 2.27. The summed E-state index contributed by atoms with van der Waals surface area (Å²) >= 11 is 0. The van der Waals surface area contributed by atoms with E-state index in [0.29, 0.717) is 0 Å². The molecule has 0 spiro atoms. The van der Waals surface area contributed by atoms with Gasteiger partial charge in [-0.05, 0) is 39.3 Å². The quantitative estimate of drug-likeness (QED) is 0.505. The van der Waals surface area contributed by atoms with Gasteiger partial charge >= 0.3 is 0 Å². The maximum Gasteiger partial charge on any atom is 0.0314 e. The van der Waals surface area contributed by atoms with Gasteiger partial charge in [-0.3, -0.25) is 0 Å². The molecule has 0 unspecified atom stereocenters. The first-order valence-electron chi connectivity index (χ1n) is 7.32. The molecule has 0 aromatic carbocycles. The normalized spacial score (nSPS) is 11.1. The molecule has 0 aromatic rings. The summed E-state index contributed by atoms with van der Waals surface area (Å²) < 4.78 is 0. The molecule has 2 nitrogen and oxygen atoms in total. The minimum atomic E-state index is 0.186. The Morgan fingerprint density at radius 3 is 2.44 bits per heavy atom. The van der Waals surface area contributed by atoms with E-state index in [2.05, 4.69) is 44.6 Å². The Hall–Kier alpha value is -0.920. The zero-order chi connectivity index (χ0) is 13.9. The lowest BCUT2D eigenvalue weighted by molar-refractivity contribution is 0.372. The largest absolute Gasteiger partial charge is 0.391 e. The van der Waals surface area contributed by atoms with Gasteiger partial charge in [-0.25, -0.2) is 0 Å². The third-order valence-corrected chi connectivity index (χ3v) is 3.08. The number of unbranched alkanes of at least 4 members (excludes halogenated alkanes) is 3. The van der Waals surface area contributed by atoms with Crippen LogP contribution in [0.3, 0.4) is 0 Å². The van der Waals surface area contributed by atoms with Crippen LogP contribution in [0.15, 0.2) is 25.1 Å². The predicted octanol–water partition coefficient (Wildman–Crippen LogP) is 4.35. The lowest BCUT2D eigenvalue weighted by atomic mass is 9.95. The molecule has 0 saturated carbocycles. The van der Waals surface area contributed by atoms with Crippen LogP contribution in [0.25, 0.3) is 0 Å². The fourth-order valence-electron chi connectivity index (χ4n) is 2.15. The Morgan fingerprint density at radius 2 is 1.83 bits per heavy atom. The van der Waals surface area contributed by atoms with Crippen LogP contribution >= 0.6 is 0 Å². The molecular formula is C16H32N2. The summed E-state index contributed by atoms with van der Waals surface area (Å²) in [5, 5.41) is 6.68. The highest BCUT2D eigenvalue weighted by molar-refractivity contribution is 4.97. The van der Waals surface area contributed by atoms with E-state index < -0.39 is 0 Å². The van der Waals surface area contributed by atoms with Gasteiger partial charge in [-0.15, -0.1) is 0 Å². The van der Waals surface area contributed by atoms with Crippen LogP contribution in [0, 0.1) is 0 Å². The number of nitrogens with one attached hydrogen (secondary N) is 2. The van der Waals surface area contributed by atoms with Crippen LogP contribution < -0.4 is 10.6 Å². The lowest BCUT2D eigenvalue weighted by Crippen LogP contribution is -2.38. The first-order chi connectivity index (χ1) is 8.52. The fraction of sp³-hybridized carbons (Fsp3) is 0.750. The molecule has 0 saturated heterocycles. The topological polar surface area (TPSA) is 24.1 Å².